The minimum Gasteiger partial charge on any atom is -0.461 e. The number of nitrogens with zero attached hydrogens (tertiary/aromatic N) is 2. The lowest BCUT2D eigenvalue weighted by molar-refractivity contribution is 0.0511. The molecule has 19 heavy (non-hydrogen) atoms. The molecule has 99 valence electrons. The van der Waals surface area contributed by atoms with Crippen LogP contribution >= 0.6 is 0 Å². The molecule has 0 aromatic carbocycles. The highest BCUT2D eigenvalue weighted by atomic mass is 16.6. The molecule has 5 radical (unpaired) electrons. The summed E-state index contributed by atoms with van der Waals surface area (Å²) in [4.78, 5) is 11.9. The molecule has 5 heteroatoms. The molecular weight excluding hydrogens is 244 g/mol. The van der Waals surface area contributed by atoms with Crippen LogP contribution in [0.25, 0.3) is 0 Å². The van der Waals surface area contributed by atoms with Crippen LogP contribution in [0.4, 0.5) is 0 Å². The predicted octanol–water partition coefficient (Wildman–Crippen LogP) is 1.21. The summed E-state index contributed by atoms with van der Waals surface area (Å²) >= 11 is 0. The third-order valence-corrected chi connectivity index (χ3v) is 3.00. The number of hydrogen-bond acceptors (Lipinski definition) is 4. The minimum absolute atomic E-state index is 0.167. The van der Waals surface area contributed by atoms with E-state index in [1.807, 2.05) is 25.7 Å². The zero-order chi connectivity index (χ0) is 13.2. The quantitative estimate of drug-likeness (QED) is 0.589. The van der Waals surface area contributed by atoms with Gasteiger partial charge in [-0.15, -0.1) is 0 Å². The Kier molecular flexibility index (Phi) is 3.55. The first-order chi connectivity index (χ1) is 9.28. The Morgan fingerprint density at radius 2 is 2.26 bits per heavy atom. The second-order valence-electron chi connectivity index (χ2n) is 4.45. The van der Waals surface area contributed by atoms with E-state index in [9.17, 15) is 4.79 Å². The number of hydrogen-bond donors (Lipinski definition) is 0. The van der Waals surface area contributed by atoms with Gasteiger partial charge in [-0.05, 0) is 38.7 Å². The van der Waals surface area contributed by atoms with Crippen LogP contribution in [0.15, 0.2) is 6.07 Å². The van der Waals surface area contributed by atoms with Gasteiger partial charge in [0.1, 0.15) is 11.8 Å². The lowest BCUT2D eigenvalue weighted by Crippen LogP contribution is -2.15. The number of aromatic nitrogens is 2. The van der Waals surface area contributed by atoms with E-state index < -0.39 is 0 Å². The number of ether oxygens (including phenoxy) is 2. The van der Waals surface area contributed by atoms with Crippen molar-refractivity contribution in [3.63, 3.8) is 0 Å². The molecule has 1 saturated heterocycles. The molecule has 5 nitrogen and oxygen atoms in total. The smallest absolute Gasteiger partial charge is 0.356 e. The second kappa shape index (κ2) is 5.33. The fourth-order valence-corrected chi connectivity index (χ4v) is 1.98. The van der Waals surface area contributed by atoms with E-state index in [2.05, 4.69) is 5.10 Å². The maximum absolute atomic E-state index is 11.9. The van der Waals surface area contributed by atoms with E-state index in [1.54, 1.807) is 17.7 Å². The predicted molar refractivity (Wildman–Crippen MR) is 67.5 cm³/mol. The monoisotopic (exact) mass is 259 g/mol. The van der Waals surface area contributed by atoms with Crippen molar-refractivity contribution in [1.82, 2.24) is 9.78 Å². The molecule has 1 saturated carbocycles. The van der Waals surface area contributed by atoms with Gasteiger partial charge in [0, 0.05) is 5.92 Å². The number of esters is 1. The van der Waals surface area contributed by atoms with Gasteiger partial charge in [0.25, 0.3) is 0 Å². The minimum atomic E-state index is -0.339. The summed E-state index contributed by atoms with van der Waals surface area (Å²) < 4.78 is 11.9. The van der Waals surface area contributed by atoms with Crippen LogP contribution in [0.5, 0.6) is 0 Å². The molecule has 1 aliphatic heterocycles. The van der Waals surface area contributed by atoms with Gasteiger partial charge in [-0.3, -0.25) is 4.68 Å². The molecule has 0 spiro atoms. The summed E-state index contributed by atoms with van der Waals surface area (Å²) in [5.74, 6) is 0.662. The third-order valence-electron chi connectivity index (χ3n) is 3.00. The fraction of sp³-hybridized carbons (Fsp3) is 0.357. The van der Waals surface area contributed by atoms with E-state index in [4.69, 9.17) is 9.47 Å². The molecular formula is C14H15N2O3. The maximum atomic E-state index is 11.9. The van der Waals surface area contributed by atoms with Gasteiger partial charge in [0.05, 0.1) is 25.5 Å². The van der Waals surface area contributed by atoms with E-state index in [0.29, 0.717) is 18.8 Å². The van der Waals surface area contributed by atoms with Crippen molar-refractivity contribution >= 4 is 5.97 Å². The molecule has 1 aromatic rings. The van der Waals surface area contributed by atoms with E-state index in [-0.39, 0.29) is 12.1 Å². The van der Waals surface area contributed by atoms with Crippen molar-refractivity contribution in [1.29, 1.82) is 0 Å². The van der Waals surface area contributed by atoms with Crippen molar-refractivity contribution in [2.75, 3.05) is 13.2 Å². The summed E-state index contributed by atoms with van der Waals surface area (Å²) in [5.41, 5.74) is 1.27. The highest BCUT2D eigenvalue weighted by Crippen LogP contribution is 2.30. The highest BCUT2D eigenvalue weighted by Gasteiger charge is 2.29. The SMILES string of the molecule is CCOC(=O)c1cc([C]2[CH][CH][CH][CH]2)nn1C[C@@H]1CO1. The summed E-state index contributed by atoms with van der Waals surface area (Å²) in [6.45, 7) is 3.47. The molecule has 0 bridgehead atoms. The van der Waals surface area contributed by atoms with Gasteiger partial charge in [0.2, 0.25) is 0 Å². The molecule has 0 N–H and O–H groups in total. The number of rotatable bonds is 5. The first-order valence-electron chi connectivity index (χ1n) is 6.36. The molecule has 1 aliphatic carbocycles. The van der Waals surface area contributed by atoms with Gasteiger partial charge >= 0.3 is 5.97 Å². The van der Waals surface area contributed by atoms with Crippen LogP contribution < -0.4 is 0 Å². The van der Waals surface area contributed by atoms with Crippen LogP contribution in [0, 0.1) is 31.6 Å². The number of carbonyl (C=O) groups excluding carboxylic acids is 1. The van der Waals surface area contributed by atoms with Crippen molar-refractivity contribution < 1.29 is 14.3 Å². The molecule has 2 heterocycles. The van der Waals surface area contributed by atoms with Crippen molar-refractivity contribution in [3.8, 4) is 0 Å². The van der Waals surface area contributed by atoms with E-state index >= 15 is 0 Å². The van der Waals surface area contributed by atoms with Crippen LogP contribution in [-0.2, 0) is 16.0 Å². The molecule has 1 atom stereocenters. The van der Waals surface area contributed by atoms with Crippen molar-refractivity contribution in [3.05, 3.63) is 49.1 Å². The van der Waals surface area contributed by atoms with Gasteiger partial charge in [-0.25, -0.2) is 4.79 Å². The van der Waals surface area contributed by atoms with Crippen LogP contribution in [0.3, 0.4) is 0 Å². The van der Waals surface area contributed by atoms with Crippen LogP contribution in [0.1, 0.15) is 23.1 Å². The molecule has 3 rings (SSSR count). The summed E-state index contributed by atoms with van der Waals surface area (Å²) in [6, 6.07) is 1.77. The molecule has 2 fully saturated rings. The molecule has 0 amide bonds. The Labute approximate surface area is 112 Å². The van der Waals surface area contributed by atoms with Crippen LogP contribution in [0.2, 0.25) is 0 Å². The largest absolute Gasteiger partial charge is 0.461 e. The molecule has 1 aromatic heterocycles. The zero-order valence-electron chi connectivity index (χ0n) is 10.7. The summed E-state index contributed by atoms with van der Waals surface area (Å²) in [5, 5.41) is 4.47. The summed E-state index contributed by atoms with van der Waals surface area (Å²) in [7, 11) is 0. The average molecular weight is 259 g/mol. The lowest BCUT2D eigenvalue weighted by Gasteiger charge is -2.04. The Morgan fingerprint density at radius 1 is 1.53 bits per heavy atom. The number of carbonyl (C=O) groups is 1. The standard InChI is InChI=1S/C14H15N2O3/c1-2-18-14(17)13-7-12(10-5-3-4-6-10)15-16(13)8-11-9-19-11/h3-7,11H,2,8-9H2,1H3/t11-/m1/s1. The Bertz CT molecular complexity index is 459. The first kappa shape index (κ1) is 12.7. The normalized spacial score (nSPS) is 22.7. The topological polar surface area (TPSA) is 56.6 Å². The van der Waals surface area contributed by atoms with E-state index in [1.165, 1.54) is 0 Å². The molecule has 0 unspecified atom stereocenters. The van der Waals surface area contributed by atoms with Crippen molar-refractivity contribution in [2.45, 2.75) is 19.6 Å². The Balaban J connectivity index is 1.83. The second-order valence-corrected chi connectivity index (χ2v) is 4.45. The number of epoxide rings is 1. The maximum Gasteiger partial charge on any atom is 0.356 e. The Hall–Kier alpha value is -1.36. The third kappa shape index (κ3) is 2.81. The first-order valence-corrected chi connectivity index (χ1v) is 6.36. The van der Waals surface area contributed by atoms with Gasteiger partial charge in [0.15, 0.2) is 0 Å². The van der Waals surface area contributed by atoms with Crippen LogP contribution in [-0.4, -0.2) is 35.1 Å². The Morgan fingerprint density at radius 3 is 2.89 bits per heavy atom. The van der Waals surface area contributed by atoms with Gasteiger partial charge < -0.3 is 9.47 Å². The molecule has 2 aliphatic rings. The highest BCUT2D eigenvalue weighted by molar-refractivity contribution is 5.88. The summed E-state index contributed by atoms with van der Waals surface area (Å²) in [6.07, 6.45) is 8.00. The lowest BCUT2D eigenvalue weighted by atomic mass is 10.0. The van der Waals surface area contributed by atoms with E-state index in [0.717, 1.165) is 18.2 Å². The van der Waals surface area contributed by atoms with Crippen molar-refractivity contribution in [2.24, 2.45) is 0 Å². The van der Waals surface area contributed by atoms with Gasteiger partial charge in [-0.2, -0.15) is 5.10 Å². The zero-order valence-corrected chi connectivity index (χ0v) is 10.7. The van der Waals surface area contributed by atoms with Gasteiger partial charge in [-0.1, -0.05) is 0 Å². The average Bonchev–Trinajstić information content (AvgIpc) is 2.92. The fourth-order valence-electron chi connectivity index (χ4n) is 1.98.